The van der Waals surface area contributed by atoms with Crippen molar-refractivity contribution >= 4 is 10.0 Å². The average Bonchev–Trinajstić information content (AvgIpc) is 2.92. The minimum Gasteiger partial charge on any atom is -0.497 e. The van der Waals surface area contributed by atoms with Gasteiger partial charge in [-0.1, -0.05) is 5.16 Å². The Hall–Kier alpha value is -2.13. The summed E-state index contributed by atoms with van der Waals surface area (Å²) < 4.78 is 39.7. The van der Waals surface area contributed by atoms with E-state index in [0.29, 0.717) is 22.9 Å². The minimum atomic E-state index is -3.32. The summed E-state index contributed by atoms with van der Waals surface area (Å²) in [5.74, 6) is 1.63. The summed E-state index contributed by atoms with van der Waals surface area (Å²) in [6.45, 7) is -0.0652. The number of nitrogens with one attached hydrogen (secondary N) is 1. The predicted molar refractivity (Wildman–Crippen MR) is 74.5 cm³/mol. The highest BCUT2D eigenvalue weighted by molar-refractivity contribution is 7.88. The van der Waals surface area contributed by atoms with Crippen molar-refractivity contribution in [3.63, 3.8) is 0 Å². The standard InChI is InChI=1S/C12H15N3O5S/c1-18-8-4-5-9(10(6-8)19-2)12-14-11(20-15-12)7-13-21(3,16)17/h4-6,13H,7H2,1-3H3. The van der Waals surface area contributed by atoms with Gasteiger partial charge >= 0.3 is 0 Å². The molecule has 2 aromatic rings. The normalized spacial score (nSPS) is 11.4. The van der Waals surface area contributed by atoms with Gasteiger partial charge in [-0.15, -0.1) is 0 Å². The number of sulfonamides is 1. The molecule has 2 rings (SSSR count). The van der Waals surface area contributed by atoms with E-state index in [1.54, 1.807) is 25.3 Å². The summed E-state index contributed by atoms with van der Waals surface area (Å²) in [7, 11) is -0.247. The van der Waals surface area contributed by atoms with Gasteiger partial charge in [-0.2, -0.15) is 4.98 Å². The first-order valence-electron chi connectivity index (χ1n) is 5.92. The van der Waals surface area contributed by atoms with Crippen molar-refractivity contribution < 1.29 is 22.4 Å². The first kappa shape index (κ1) is 15.3. The van der Waals surface area contributed by atoms with E-state index in [4.69, 9.17) is 14.0 Å². The number of ether oxygens (including phenoxy) is 2. The van der Waals surface area contributed by atoms with E-state index in [0.717, 1.165) is 6.26 Å². The topological polar surface area (TPSA) is 104 Å². The van der Waals surface area contributed by atoms with Gasteiger partial charge in [0, 0.05) is 6.07 Å². The van der Waals surface area contributed by atoms with Gasteiger partial charge in [-0.05, 0) is 12.1 Å². The highest BCUT2D eigenvalue weighted by Gasteiger charge is 2.15. The highest BCUT2D eigenvalue weighted by Crippen LogP contribution is 2.31. The molecule has 0 saturated carbocycles. The maximum atomic E-state index is 11.0. The van der Waals surface area contributed by atoms with Crippen LogP contribution < -0.4 is 14.2 Å². The SMILES string of the molecule is COc1ccc(-c2noc(CNS(C)(=O)=O)n2)c(OC)c1. The second-order valence-electron chi connectivity index (χ2n) is 4.17. The summed E-state index contributed by atoms with van der Waals surface area (Å²) in [5, 5.41) is 3.81. The lowest BCUT2D eigenvalue weighted by molar-refractivity contribution is 0.375. The molecule has 0 atom stereocenters. The maximum Gasteiger partial charge on any atom is 0.242 e. The molecule has 1 N–H and O–H groups in total. The van der Waals surface area contributed by atoms with Gasteiger partial charge in [0.25, 0.3) is 0 Å². The van der Waals surface area contributed by atoms with Crippen LogP contribution in [0.25, 0.3) is 11.4 Å². The smallest absolute Gasteiger partial charge is 0.242 e. The molecule has 0 fully saturated rings. The number of hydrogen-bond acceptors (Lipinski definition) is 7. The minimum absolute atomic E-state index is 0.0652. The van der Waals surface area contributed by atoms with Gasteiger partial charge in [0.1, 0.15) is 11.5 Å². The van der Waals surface area contributed by atoms with E-state index in [2.05, 4.69) is 14.9 Å². The summed E-state index contributed by atoms with van der Waals surface area (Å²) in [6.07, 6.45) is 1.05. The molecule has 0 spiro atoms. The van der Waals surface area contributed by atoms with E-state index < -0.39 is 10.0 Å². The van der Waals surface area contributed by atoms with Crippen LogP contribution in [0.2, 0.25) is 0 Å². The molecule has 21 heavy (non-hydrogen) atoms. The van der Waals surface area contributed by atoms with Gasteiger partial charge in [-0.3, -0.25) is 0 Å². The molecule has 0 aliphatic rings. The van der Waals surface area contributed by atoms with Gasteiger partial charge in [-0.25, -0.2) is 13.1 Å². The Bertz CT molecular complexity index is 726. The Labute approximate surface area is 122 Å². The lowest BCUT2D eigenvalue weighted by Crippen LogP contribution is -2.21. The Morgan fingerprint density at radius 2 is 2.05 bits per heavy atom. The van der Waals surface area contributed by atoms with Gasteiger partial charge in [0.15, 0.2) is 0 Å². The molecule has 1 aromatic carbocycles. The zero-order valence-electron chi connectivity index (χ0n) is 11.8. The van der Waals surface area contributed by atoms with Crippen molar-refractivity contribution in [2.75, 3.05) is 20.5 Å². The van der Waals surface area contributed by atoms with Gasteiger partial charge in [0.2, 0.25) is 21.7 Å². The molecule has 0 bridgehead atoms. The third kappa shape index (κ3) is 3.92. The number of methoxy groups -OCH3 is 2. The average molecular weight is 313 g/mol. The summed E-state index contributed by atoms with van der Waals surface area (Å²) in [5.41, 5.74) is 0.618. The fourth-order valence-corrected chi connectivity index (χ4v) is 2.00. The quantitative estimate of drug-likeness (QED) is 0.841. The summed E-state index contributed by atoms with van der Waals surface area (Å²) in [6, 6.07) is 5.17. The molecule has 8 nitrogen and oxygen atoms in total. The molecule has 114 valence electrons. The Morgan fingerprint density at radius 3 is 2.67 bits per heavy atom. The summed E-state index contributed by atoms with van der Waals surface area (Å²) in [4.78, 5) is 4.12. The van der Waals surface area contributed by atoms with Gasteiger partial charge in [0.05, 0.1) is 32.6 Å². The van der Waals surface area contributed by atoms with Crippen molar-refractivity contribution in [1.82, 2.24) is 14.9 Å². The van der Waals surface area contributed by atoms with Crippen molar-refractivity contribution in [2.24, 2.45) is 0 Å². The number of aromatic nitrogens is 2. The van der Waals surface area contributed by atoms with Crippen LogP contribution in [0.15, 0.2) is 22.7 Å². The van der Waals surface area contributed by atoms with E-state index in [9.17, 15) is 8.42 Å². The fraction of sp³-hybridized carbons (Fsp3) is 0.333. The second kappa shape index (κ2) is 6.10. The van der Waals surface area contributed by atoms with E-state index in [1.807, 2.05) is 0 Å². The summed E-state index contributed by atoms with van der Waals surface area (Å²) >= 11 is 0. The van der Waals surface area contributed by atoms with Crippen LogP contribution in [0.4, 0.5) is 0 Å². The zero-order chi connectivity index (χ0) is 15.5. The van der Waals surface area contributed by atoms with Crippen molar-refractivity contribution in [3.8, 4) is 22.9 Å². The largest absolute Gasteiger partial charge is 0.497 e. The number of benzene rings is 1. The first-order valence-corrected chi connectivity index (χ1v) is 7.81. The zero-order valence-corrected chi connectivity index (χ0v) is 12.6. The van der Waals surface area contributed by atoms with Crippen molar-refractivity contribution in [2.45, 2.75) is 6.54 Å². The van der Waals surface area contributed by atoms with Crippen LogP contribution >= 0.6 is 0 Å². The number of nitrogens with zero attached hydrogens (tertiary/aromatic N) is 2. The molecule has 0 amide bonds. The molecule has 0 radical (unpaired) electrons. The van der Waals surface area contributed by atoms with E-state index in [-0.39, 0.29) is 12.4 Å². The highest BCUT2D eigenvalue weighted by atomic mass is 32.2. The molecular weight excluding hydrogens is 298 g/mol. The lowest BCUT2D eigenvalue weighted by Gasteiger charge is -2.07. The molecule has 9 heteroatoms. The van der Waals surface area contributed by atoms with Crippen LogP contribution in [-0.2, 0) is 16.6 Å². The third-order valence-electron chi connectivity index (χ3n) is 2.60. The first-order chi connectivity index (χ1) is 9.93. The van der Waals surface area contributed by atoms with Crippen LogP contribution in [0.1, 0.15) is 5.89 Å². The van der Waals surface area contributed by atoms with Crippen LogP contribution in [0.5, 0.6) is 11.5 Å². The molecular formula is C12H15N3O5S. The monoisotopic (exact) mass is 313 g/mol. The Kier molecular flexibility index (Phi) is 4.43. The van der Waals surface area contributed by atoms with E-state index in [1.165, 1.54) is 7.11 Å². The molecule has 0 aliphatic carbocycles. The second-order valence-corrected chi connectivity index (χ2v) is 6.00. The van der Waals surface area contributed by atoms with Gasteiger partial charge < -0.3 is 14.0 Å². The molecule has 1 aromatic heterocycles. The van der Waals surface area contributed by atoms with Crippen LogP contribution in [-0.4, -0.2) is 39.0 Å². The Balaban J connectivity index is 2.25. The number of hydrogen-bond donors (Lipinski definition) is 1. The molecule has 0 saturated heterocycles. The Morgan fingerprint density at radius 1 is 1.29 bits per heavy atom. The third-order valence-corrected chi connectivity index (χ3v) is 3.27. The molecule has 0 unspecified atom stereocenters. The van der Waals surface area contributed by atoms with Crippen LogP contribution in [0, 0.1) is 0 Å². The van der Waals surface area contributed by atoms with E-state index >= 15 is 0 Å². The fourth-order valence-electron chi connectivity index (χ4n) is 1.61. The van der Waals surface area contributed by atoms with Crippen molar-refractivity contribution in [3.05, 3.63) is 24.1 Å². The maximum absolute atomic E-state index is 11.0. The lowest BCUT2D eigenvalue weighted by atomic mass is 10.2. The molecule has 1 heterocycles. The predicted octanol–water partition coefficient (Wildman–Crippen LogP) is 0.803. The molecule has 0 aliphatic heterocycles. The number of rotatable bonds is 6. The van der Waals surface area contributed by atoms with Crippen molar-refractivity contribution in [1.29, 1.82) is 0 Å². The van der Waals surface area contributed by atoms with Crippen LogP contribution in [0.3, 0.4) is 0 Å².